The topological polar surface area (TPSA) is 76.2 Å². The Labute approximate surface area is 248 Å². The highest BCUT2D eigenvalue weighted by molar-refractivity contribution is 7.86. The normalized spacial score (nSPS) is 14.9. The van der Waals surface area contributed by atoms with Crippen LogP contribution < -0.4 is 18.9 Å². The summed E-state index contributed by atoms with van der Waals surface area (Å²) in [5, 5.41) is 0.556. The zero-order chi connectivity index (χ0) is 30.5. The van der Waals surface area contributed by atoms with E-state index in [9.17, 15) is 17.4 Å². The van der Waals surface area contributed by atoms with Gasteiger partial charge in [0, 0.05) is 62.1 Å². The van der Waals surface area contributed by atoms with Crippen LogP contribution >= 0.6 is 0 Å². The Morgan fingerprint density at radius 2 is 1.67 bits per heavy atom. The van der Waals surface area contributed by atoms with Crippen molar-refractivity contribution in [2.45, 2.75) is 11.3 Å². The molecule has 1 N–H and O–H groups in total. The number of hydrogen-bond donors (Lipinski definition) is 1. The summed E-state index contributed by atoms with van der Waals surface area (Å²) in [4.78, 5) is 8.51. The number of piperazine rings is 1. The number of hydrogen-bond acceptors (Lipinski definition) is 7. The molecule has 0 saturated carbocycles. The molecule has 4 aromatic rings. The molecule has 0 amide bonds. The third kappa shape index (κ3) is 7.17. The molecule has 0 aliphatic carbocycles. The Kier molecular flexibility index (Phi) is 9.63. The van der Waals surface area contributed by atoms with Crippen LogP contribution in [0.1, 0.15) is 6.42 Å². The average molecular weight is 619 g/mol. The van der Waals surface area contributed by atoms with Crippen molar-refractivity contribution in [1.29, 1.82) is 0 Å². The van der Waals surface area contributed by atoms with Crippen molar-refractivity contribution in [3.8, 4) is 23.0 Å². The minimum atomic E-state index is -2.33. The quantitative estimate of drug-likeness (QED) is 0.131. The number of nitrogens with zero attached hydrogens (tertiary/aromatic N) is 3. The fourth-order valence-corrected chi connectivity index (χ4v) is 5.51. The van der Waals surface area contributed by atoms with E-state index in [-0.39, 0.29) is 11.4 Å². The second-order valence-corrected chi connectivity index (χ2v) is 11.1. The van der Waals surface area contributed by atoms with Gasteiger partial charge in [0.05, 0.1) is 24.1 Å². The predicted octanol–water partition coefficient (Wildman–Crippen LogP) is 5.74. The molecular formula is C30H30F4N4O4S. The Morgan fingerprint density at radius 3 is 2.42 bits per heavy atom. The maximum Gasteiger partial charge on any atom is 0.195 e. The van der Waals surface area contributed by atoms with Crippen LogP contribution in [-0.2, 0) is 11.0 Å². The molecule has 1 unspecified atom stereocenters. The summed E-state index contributed by atoms with van der Waals surface area (Å²) in [5.74, 6) is -4.41. The van der Waals surface area contributed by atoms with Crippen molar-refractivity contribution in [1.82, 2.24) is 14.8 Å². The molecule has 0 spiro atoms. The summed E-state index contributed by atoms with van der Waals surface area (Å²) in [6.07, 6.45) is 2.38. The number of likely N-dealkylation sites (N-methyl/N-ethyl adjacent to an activating group) is 1. The number of halogens is 4. The van der Waals surface area contributed by atoms with Gasteiger partial charge < -0.3 is 28.7 Å². The van der Waals surface area contributed by atoms with Crippen LogP contribution in [0.5, 0.6) is 23.0 Å². The van der Waals surface area contributed by atoms with E-state index in [1.807, 2.05) is 0 Å². The number of ether oxygens (including phenoxy) is 3. The second kappa shape index (κ2) is 13.6. The molecule has 1 aliphatic rings. The largest absolute Gasteiger partial charge is 0.493 e. The average Bonchev–Trinajstić information content (AvgIpc) is 3.00. The first-order chi connectivity index (χ1) is 20.7. The molecule has 1 aromatic heterocycles. The molecule has 1 aliphatic heterocycles. The first-order valence-electron chi connectivity index (χ1n) is 13.5. The Morgan fingerprint density at radius 1 is 0.884 bits per heavy atom. The minimum absolute atomic E-state index is 0.00276. The van der Waals surface area contributed by atoms with Gasteiger partial charge in [-0.1, -0.05) is 0 Å². The second-order valence-electron chi connectivity index (χ2n) is 9.97. The maximum atomic E-state index is 15.0. The predicted molar refractivity (Wildman–Crippen MR) is 155 cm³/mol. The smallest absolute Gasteiger partial charge is 0.195 e. The van der Waals surface area contributed by atoms with E-state index < -0.39 is 39.1 Å². The molecule has 1 saturated heterocycles. The van der Waals surface area contributed by atoms with Crippen molar-refractivity contribution >= 4 is 27.6 Å². The zero-order valence-electron chi connectivity index (χ0n) is 23.5. The van der Waals surface area contributed by atoms with E-state index in [2.05, 4.69) is 26.6 Å². The van der Waals surface area contributed by atoms with Crippen molar-refractivity contribution in [2.75, 3.05) is 58.2 Å². The fraction of sp³-hybridized carbons (Fsp3) is 0.300. The van der Waals surface area contributed by atoms with Crippen molar-refractivity contribution in [3.63, 3.8) is 0 Å². The third-order valence-corrected chi connectivity index (χ3v) is 8.16. The summed E-state index contributed by atoms with van der Waals surface area (Å²) < 4.78 is 88.0. The number of methoxy groups -OCH3 is 1. The Bertz CT molecular complexity index is 1640. The van der Waals surface area contributed by atoms with E-state index in [0.717, 1.165) is 51.3 Å². The number of anilines is 1. The van der Waals surface area contributed by atoms with Gasteiger partial charge in [0.1, 0.15) is 5.75 Å². The summed E-state index contributed by atoms with van der Waals surface area (Å²) in [7, 11) is 1.32. The van der Waals surface area contributed by atoms with Crippen LogP contribution in [0.4, 0.5) is 23.2 Å². The molecule has 0 radical (unpaired) electrons. The van der Waals surface area contributed by atoms with Gasteiger partial charge in [0.2, 0.25) is 0 Å². The van der Waals surface area contributed by atoms with Crippen LogP contribution in [0.15, 0.2) is 59.6 Å². The van der Waals surface area contributed by atoms with Gasteiger partial charge in [-0.2, -0.15) is 0 Å². The van der Waals surface area contributed by atoms with Crippen LogP contribution in [0.3, 0.4) is 0 Å². The number of rotatable bonds is 11. The van der Waals surface area contributed by atoms with Crippen LogP contribution in [0.2, 0.25) is 0 Å². The summed E-state index contributed by atoms with van der Waals surface area (Å²) in [6.45, 7) is 5.64. The zero-order valence-corrected chi connectivity index (χ0v) is 24.4. The Hall–Kier alpha value is -3.94. The molecule has 43 heavy (non-hydrogen) atoms. The number of fused-ring (bicyclic) bond motifs is 1. The molecule has 2 heterocycles. The monoisotopic (exact) mass is 618 g/mol. The Balaban J connectivity index is 1.26. The van der Waals surface area contributed by atoms with Gasteiger partial charge >= 0.3 is 0 Å². The number of nitrogens with one attached hydrogen (secondary N) is 1. The van der Waals surface area contributed by atoms with Crippen molar-refractivity contribution in [3.05, 3.63) is 78.0 Å². The molecule has 5 rings (SSSR count). The van der Waals surface area contributed by atoms with Gasteiger partial charge in [-0.05, 0) is 49.9 Å². The van der Waals surface area contributed by atoms with E-state index in [4.69, 9.17) is 14.2 Å². The van der Waals surface area contributed by atoms with Gasteiger partial charge in [0.15, 0.2) is 51.5 Å². The standard InChI is InChI=1S/C30H30F4N4O4S/c1-37-11-13-38(14-12-37)10-3-15-41-27-18-23-20(17-26(27)40-2)24(8-9-35-23)42-25-6-4-19(16-22(25)32)36-43(39)28-7-5-21(31)29(33)30(28)34/h4-9,16-18,36H,3,10-15H2,1-2H3. The van der Waals surface area contributed by atoms with Crippen molar-refractivity contribution < 1.29 is 36.0 Å². The highest BCUT2D eigenvalue weighted by Gasteiger charge is 2.19. The van der Waals surface area contributed by atoms with E-state index in [1.165, 1.54) is 25.4 Å². The lowest BCUT2D eigenvalue weighted by Crippen LogP contribution is -2.44. The molecule has 8 nitrogen and oxygen atoms in total. The maximum absolute atomic E-state index is 15.0. The first-order valence-corrected chi connectivity index (χ1v) is 14.7. The van der Waals surface area contributed by atoms with Crippen LogP contribution in [-0.4, -0.2) is 72.5 Å². The highest BCUT2D eigenvalue weighted by atomic mass is 32.2. The van der Waals surface area contributed by atoms with Gasteiger partial charge in [-0.15, -0.1) is 0 Å². The lowest BCUT2D eigenvalue weighted by Gasteiger charge is -2.32. The van der Waals surface area contributed by atoms with Gasteiger partial charge in [-0.3, -0.25) is 4.98 Å². The highest BCUT2D eigenvalue weighted by Crippen LogP contribution is 2.38. The molecule has 228 valence electrons. The number of aromatic nitrogens is 1. The molecule has 1 fully saturated rings. The van der Waals surface area contributed by atoms with Crippen LogP contribution in [0.25, 0.3) is 10.9 Å². The summed E-state index contributed by atoms with van der Waals surface area (Å²) in [5.41, 5.74) is 0.554. The van der Waals surface area contributed by atoms with Gasteiger partial charge in [-0.25, -0.2) is 21.8 Å². The lowest BCUT2D eigenvalue weighted by atomic mass is 10.1. The molecular weight excluding hydrogens is 588 g/mol. The van der Waals surface area contributed by atoms with E-state index >= 15 is 4.39 Å². The molecule has 1 atom stereocenters. The molecule has 13 heteroatoms. The number of benzene rings is 3. The molecule has 3 aromatic carbocycles. The van der Waals surface area contributed by atoms with E-state index in [0.29, 0.717) is 40.8 Å². The van der Waals surface area contributed by atoms with Crippen molar-refractivity contribution in [2.24, 2.45) is 0 Å². The fourth-order valence-electron chi connectivity index (χ4n) is 4.61. The van der Waals surface area contributed by atoms with E-state index in [1.54, 1.807) is 18.2 Å². The van der Waals surface area contributed by atoms with Crippen LogP contribution in [0, 0.1) is 23.3 Å². The number of pyridine rings is 1. The minimum Gasteiger partial charge on any atom is -0.493 e. The summed E-state index contributed by atoms with van der Waals surface area (Å²) in [6, 6.07) is 10.2. The third-order valence-electron chi connectivity index (χ3n) is 7.02. The SMILES string of the molecule is COc1cc2c(Oc3ccc(NS(=O)c4ccc(F)c(F)c4F)cc3F)ccnc2cc1OCCCN1CCN(C)CC1. The lowest BCUT2D eigenvalue weighted by molar-refractivity contribution is 0.145. The first kappa shape index (κ1) is 30.5. The molecule has 0 bridgehead atoms. The summed E-state index contributed by atoms with van der Waals surface area (Å²) >= 11 is 0. The van der Waals surface area contributed by atoms with Gasteiger partial charge in [0.25, 0.3) is 0 Å².